The highest BCUT2D eigenvalue weighted by molar-refractivity contribution is 5.90. The summed E-state index contributed by atoms with van der Waals surface area (Å²) in [7, 11) is 1.82. The van der Waals surface area contributed by atoms with Gasteiger partial charge in [0.05, 0.1) is 0 Å². The van der Waals surface area contributed by atoms with E-state index in [1.807, 2.05) is 7.05 Å². The van der Waals surface area contributed by atoms with Gasteiger partial charge in [-0.05, 0) is 38.6 Å². The molecule has 7 heteroatoms. The third-order valence-corrected chi connectivity index (χ3v) is 2.67. The number of aryl methyl sites for hydroxylation is 1. The van der Waals surface area contributed by atoms with Crippen LogP contribution in [0.1, 0.15) is 18.4 Å². The van der Waals surface area contributed by atoms with Gasteiger partial charge in [0.2, 0.25) is 5.91 Å². The van der Waals surface area contributed by atoms with E-state index in [-0.39, 0.29) is 18.3 Å². The second kappa shape index (κ2) is 10.3. The average Bonchev–Trinajstić information content (AvgIpc) is 2.39. The number of hydrogen-bond acceptors (Lipinski definition) is 3. The lowest BCUT2D eigenvalue weighted by atomic mass is 10.2. The summed E-state index contributed by atoms with van der Waals surface area (Å²) in [5.74, 6) is 0.252. The molecule has 0 saturated carbocycles. The van der Waals surface area contributed by atoms with E-state index in [0.29, 0.717) is 17.9 Å². The molecule has 0 unspecified atom stereocenters. The summed E-state index contributed by atoms with van der Waals surface area (Å²) in [6.07, 6.45) is -1.38. The van der Waals surface area contributed by atoms with Gasteiger partial charge >= 0.3 is 0 Å². The molecule has 0 atom stereocenters. The molecule has 0 aliphatic rings. The van der Waals surface area contributed by atoms with Crippen LogP contribution in [0.15, 0.2) is 18.2 Å². The van der Waals surface area contributed by atoms with E-state index in [4.69, 9.17) is 4.74 Å². The van der Waals surface area contributed by atoms with Gasteiger partial charge in [-0.3, -0.25) is 4.79 Å². The van der Waals surface area contributed by atoms with Gasteiger partial charge in [0.15, 0.2) is 0 Å². The molecule has 1 aromatic rings. The van der Waals surface area contributed by atoms with E-state index in [2.05, 4.69) is 10.6 Å². The van der Waals surface area contributed by atoms with Gasteiger partial charge in [-0.1, -0.05) is 6.07 Å². The molecule has 1 rings (SSSR count). The molecular formula is C14H21ClF2N2O2. The van der Waals surface area contributed by atoms with Crippen LogP contribution in [0.3, 0.4) is 0 Å². The SMILES string of the molecule is CNCCCC(=O)Nc1ccc(C)c(OCC(F)F)c1.Cl. The molecule has 4 nitrogen and oxygen atoms in total. The Balaban J connectivity index is 0.00000400. The largest absolute Gasteiger partial charge is 0.487 e. The van der Waals surface area contributed by atoms with Crippen LogP contribution in [-0.4, -0.2) is 32.5 Å². The summed E-state index contributed by atoms with van der Waals surface area (Å²) < 4.78 is 29.3. The molecule has 0 radical (unpaired) electrons. The highest BCUT2D eigenvalue weighted by Crippen LogP contribution is 2.23. The van der Waals surface area contributed by atoms with Crippen LogP contribution in [-0.2, 0) is 4.79 Å². The highest BCUT2D eigenvalue weighted by atomic mass is 35.5. The van der Waals surface area contributed by atoms with Crippen LogP contribution >= 0.6 is 12.4 Å². The summed E-state index contributed by atoms with van der Waals surface area (Å²) in [6.45, 7) is 1.88. The summed E-state index contributed by atoms with van der Waals surface area (Å²) in [5, 5.41) is 5.68. The monoisotopic (exact) mass is 322 g/mol. The summed E-state index contributed by atoms with van der Waals surface area (Å²) >= 11 is 0. The first-order valence-electron chi connectivity index (χ1n) is 6.49. The predicted octanol–water partition coefficient (Wildman–Crippen LogP) is 3.00. The molecule has 0 spiro atoms. The topological polar surface area (TPSA) is 50.4 Å². The van der Waals surface area contributed by atoms with Gasteiger partial charge < -0.3 is 15.4 Å². The maximum absolute atomic E-state index is 12.1. The summed E-state index contributed by atoms with van der Waals surface area (Å²) in [5.41, 5.74) is 1.30. The molecule has 0 aliphatic heterocycles. The smallest absolute Gasteiger partial charge is 0.272 e. The number of amides is 1. The zero-order chi connectivity index (χ0) is 15.0. The number of carbonyl (C=O) groups is 1. The van der Waals surface area contributed by atoms with Gasteiger partial charge in [-0.2, -0.15) is 0 Å². The fourth-order valence-corrected chi connectivity index (χ4v) is 1.64. The number of nitrogens with one attached hydrogen (secondary N) is 2. The molecule has 0 heterocycles. The summed E-state index contributed by atoms with van der Waals surface area (Å²) in [6, 6.07) is 5.01. The number of ether oxygens (including phenoxy) is 1. The standard InChI is InChI=1S/C14H20F2N2O2.ClH/c1-10-5-6-11(8-12(10)20-9-13(15)16)18-14(19)4-3-7-17-2;/h5-6,8,13,17H,3-4,7,9H2,1-2H3,(H,18,19);1H. The molecule has 1 amide bonds. The first-order valence-corrected chi connectivity index (χ1v) is 6.49. The number of rotatable bonds is 8. The number of halogens is 3. The van der Waals surface area contributed by atoms with E-state index < -0.39 is 13.0 Å². The van der Waals surface area contributed by atoms with Crippen molar-refractivity contribution in [2.24, 2.45) is 0 Å². The Labute approximate surface area is 129 Å². The van der Waals surface area contributed by atoms with Gasteiger partial charge in [0.1, 0.15) is 12.4 Å². The Bertz CT molecular complexity index is 445. The molecular weight excluding hydrogens is 302 g/mol. The van der Waals surface area contributed by atoms with Crippen molar-refractivity contribution in [2.45, 2.75) is 26.2 Å². The minimum absolute atomic E-state index is 0. The lowest BCUT2D eigenvalue weighted by Crippen LogP contribution is -2.15. The van der Waals surface area contributed by atoms with Crippen LogP contribution in [0.4, 0.5) is 14.5 Å². The molecule has 0 saturated heterocycles. The Morgan fingerprint density at radius 1 is 1.38 bits per heavy atom. The van der Waals surface area contributed by atoms with Gasteiger partial charge in [-0.15, -0.1) is 12.4 Å². The van der Waals surface area contributed by atoms with Crippen molar-refractivity contribution in [3.63, 3.8) is 0 Å². The first-order chi connectivity index (χ1) is 9.52. The number of alkyl halides is 2. The third-order valence-electron chi connectivity index (χ3n) is 2.67. The lowest BCUT2D eigenvalue weighted by Gasteiger charge is -2.11. The van der Waals surface area contributed by atoms with E-state index in [0.717, 1.165) is 18.5 Å². The summed E-state index contributed by atoms with van der Waals surface area (Å²) in [4.78, 5) is 11.6. The van der Waals surface area contributed by atoms with E-state index in [1.54, 1.807) is 25.1 Å². The normalized spacial score (nSPS) is 10.1. The molecule has 1 aromatic carbocycles. The molecule has 0 fully saturated rings. The molecule has 0 aliphatic carbocycles. The number of hydrogen-bond donors (Lipinski definition) is 2. The van der Waals surface area contributed by atoms with Gasteiger partial charge in [0, 0.05) is 18.2 Å². The maximum atomic E-state index is 12.1. The van der Waals surface area contributed by atoms with Crippen LogP contribution in [0, 0.1) is 6.92 Å². The van der Waals surface area contributed by atoms with Crippen LogP contribution in [0.5, 0.6) is 5.75 Å². The van der Waals surface area contributed by atoms with Crippen LogP contribution in [0.2, 0.25) is 0 Å². The second-order valence-corrected chi connectivity index (χ2v) is 4.44. The Hall–Kier alpha value is -1.40. The van der Waals surface area contributed by atoms with Crippen molar-refractivity contribution < 1.29 is 18.3 Å². The van der Waals surface area contributed by atoms with Gasteiger partial charge in [-0.25, -0.2) is 8.78 Å². The van der Waals surface area contributed by atoms with Crippen molar-refractivity contribution in [1.29, 1.82) is 0 Å². The minimum atomic E-state index is -2.52. The molecule has 0 bridgehead atoms. The van der Waals surface area contributed by atoms with E-state index in [1.165, 1.54) is 0 Å². The third kappa shape index (κ3) is 7.82. The average molecular weight is 323 g/mol. The van der Waals surface area contributed by atoms with Crippen LogP contribution < -0.4 is 15.4 Å². The molecule has 21 heavy (non-hydrogen) atoms. The van der Waals surface area contributed by atoms with Crippen molar-refractivity contribution in [2.75, 3.05) is 25.5 Å². The van der Waals surface area contributed by atoms with Crippen molar-refractivity contribution >= 4 is 24.0 Å². The van der Waals surface area contributed by atoms with E-state index >= 15 is 0 Å². The highest BCUT2D eigenvalue weighted by Gasteiger charge is 2.08. The number of anilines is 1. The fraction of sp³-hybridized carbons (Fsp3) is 0.500. The Morgan fingerprint density at radius 2 is 2.10 bits per heavy atom. The maximum Gasteiger partial charge on any atom is 0.272 e. The predicted molar refractivity (Wildman–Crippen MR) is 81.7 cm³/mol. The molecule has 2 N–H and O–H groups in total. The Morgan fingerprint density at radius 3 is 2.71 bits per heavy atom. The van der Waals surface area contributed by atoms with E-state index in [9.17, 15) is 13.6 Å². The fourth-order valence-electron chi connectivity index (χ4n) is 1.64. The first kappa shape index (κ1) is 19.6. The zero-order valence-corrected chi connectivity index (χ0v) is 12.9. The lowest BCUT2D eigenvalue weighted by molar-refractivity contribution is -0.116. The van der Waals surface area contributed by atoms with Crippen LogP contribution in [0.25, 0.3) is 0 Å². The van der Waals surface area contributed by atoms with Crippen molar-refractivity contribution in [3.8, 4) is 5.75 Å². The van der Waals surface area contributed by atoms with Crippen molar-refractivity contribution in [3.05, 3.63) is 23.8 Å². The quantitative estimate of drug-likeness (QED) is 0.723. The second-order valence-electron chi connectivity index (χ2n) is 4.44. The minimum Gasteiger partial charge on any atom is -0.487 e. The number of benzene rings is 1. The number of carbonyl (C=O) groups excluding carboxylic acids is 1. The van der Waals surface area contributed by atoms with Gasteiger partial charge in [0.25, 0.3) is 6.43 Å². The Kier molecular flexibility index (Phi) is 9.65. The zero-order valence-electron chi connectivity index (χ0n) is 12.1. The molecule has 0 aromatic heterocycles. The molecule has 120 valence electrons. The van der Waals surface area contributed by atoms with Crippen molar-refractivity contribution in [1.82, 2.24) is 5.32 Å².